The number of thiophene rings is 1. The van der Waals surface area contributed by atoms with Crippen LogP contribution in [0.1, 0.15) is 56.9 Å². The van der Waals surface area contributed by atoms with Gasteiger partial charge < -0.3 is 5.32 Å². The fraction of sp³-hybridized carbons (Fsp3) is 0.571. The van der Waals surface area contributed by atoms with Gasteiger partial charge in [-0.2, -0.15) is 0 Å². The molecule has 0 fully saturated rings. The largest absolute Gasteiger partial charge is 0.369 e. The molecule has 0 unspecified atom stereocenters. The highest BCUT2D eigenvalue weighted by atomic mass is 32.2. The van der Waals surface area contributed by atoms with E-state index in [-0.39, 0.29) is 0 Å². The van der Waals surface area contributed by atoms with Crippen LogP contribution in [0.25, 0.3) is 20.4 Å². The molecule has 0 spiro atoms. The summed E-state index contributed by atoms with van der Waals surface area (Å²) < 4.78 is 1.17. The molecule has 0 radical (unpaired) electrons. The van der Waals surface area contributed by atoms with Crippen LogP contribution in [0.3, 0.4) is 0 Å². The minimum atomic E-state index is 0.679. The molecule has 6 heteroatoms. The van der Waals surface area contributed by atoms with Crippen LogP contribution in [0.15, 0.2) is 5.16 Å². The summed E-state index contributed by atoms with van der Waals surface area (Å²) in [5, 5.41) is 5.72. The highest BCUT2D eigenvalue weighted by Crippen LogP contribution is 2.42. The smallest absolute Gasteiger partial charge is 0.189 e. The second-order valence-corrected chi connectivity index (χ2v) is 9.52. The molecule has 144 valence electrons. The van der Waals surface area contributed by atoms with Crippen LogP contribution in [-0.2, 0) is 19.3 Å². The first-order chi connectivity index (χ1) is 13.1. The fourth-order valence-electron chi connectivity index (χ4n) is 3.96. The van der Waals surface area contributed by atoms with Gasteiger partial charge in [0.05, 0.1) is 10.2 Å². The first-order valence-corrected chi connectivity index (χ1v) is 12.1. The summed E-state index contributed by atoms with van der Waals surface area (Å²) in [6.07, 6.45) is 8.98. The van der Waals surface area contributed by atoms with E-state index in [1.807, 2.05) is 0 Å². The molecule has 0 saturated carbocycles. The number of aromatic nitrogens is 3. The molecule has 3 heterocycles. The number of anilines is 1. The van der Waals surface area contributed by atoms with Gasteiger partial charge in [-0.3, -0.25) is 0 Å². The number of fused-ring (bicyclic) bond motifs is 5. The van der Waals surface area contributed by atoms with Gasteiger partial charge in [0.25, 0.3) is 0 Å². The van der Waals surface area contributed by atoms with Gasteiger partial charge in [-0.1, -0.05) is 39.0 Å². The normalized spacial score (nSPS) is 13.8. The molecule has 4 nitrogen and oxygen atoms in total. The Labute approximate surface area is 169 Å². The minimum absolute atomic E-state index is 0.679. The van der Waals surface area contributed by atoms with Gasteiger partial charge in [0.1, 0.15) is 10.6 Å². The molecule has 1 aliphatic carbocycles. The van der Waals surface area contributed by atoms with Crippen molar-refractivity contribution in [1.29, 1.82) is 0 Å². The number of rotatable bonds is 7. The average molecular weight is 401 g/mol. The monoisotopic (exact) mass is 400 g/mol. The van der Waals surface area contributed by atoms with Gasteiger partial charge in [-0.05, 0) is 55.4 Å². The topological polar surface area (TPSA) is 50.7 Å². The van der Waals surface area contributed by atoms with Gasteiger partial charge in [-0.15, -0.1) is 11.3 Å². The Bertz CT molecular complexity index is 978. The number of nitrogens with one attached hydrogen (secondary N) is 1. The van der Waals surface area contributed by atoms with E-state index in [1.54, 1.807) is 23.1 Å². The first-order valence-electron chi connectivity index (χ1n) is 10.0. The zero-order valence-electron chi connectivity index (χ0n) is 16.7. The van der Waals surface area contributed by atoms with Crippen molar-refractivity contribution in [1.82, 2.24) is 15.0 Å². The van der Waals surface area contributed by atoms with E-state index in [9.17, 15) is 0 Å². The summed E-state index contributed by atoms with van der Waals surface area (Å²) in [7, 11) is 0. The molecule has 4 rings (SSSR count). The third kappa shape index (κ3) is 3.54. The quantitative estimate of drug-likeness (QED) is 0.397. The molecule has 1 N–H and O–H groups in total. The molecule has 0 atom stereocenters. The standard InChI is InChI=1S/C21H28N4S2/c1-5-7-15-13-8-6-9-14(13)16-17-18(27-20(16)23-15)19(22-11-10-12(2)3)25-21(24-17)26-4/h12H,5-11H2,1-4H3,(H,22,24,25). The molecule has 1 aliphatic rings. The predicted octanol–water partition coefficient (Wildman–Crippen LogP) is 5.86. The van der Waals surface area contributed by atoms with Crippen LogP contribution in [0, 0.1) is 5.92 Å². The summed E-state index contributed by atoms with van der Waals surface area (Å²) in [5.74, 6) is 1.66. The zero-order valence-corrected chi connectivity index (χ0v) is 18.3. The maximum Gasteiger partial charge on any atom is 0.189 e. The second-order valence-electron chi connectivity index (χ2n) is 7.75. The van der Waals surface area contributed by atoms with Crippen LogP contribution < -0.4 is 5.32 Å². The molecule has 0 amide bonds. The van der Waals surface area contributed by atoms with Gasteiger partial charge >= 0.3 is 0 Å². The van der Waals surface area contributed by atoms with Crippen LogP contribution in [0.2, 0.25) is 0 Å². The van der Waals surface area contributed by atoms with Crippen LogP contribution in [0.4, 0.5) is 5.82 Å². The maximum absolute atomic E-state index is 5.10. The van der Waals surface area contributed by atoms with Gasteiger partial charge in [0, 0.05) is 17.6 Å². The lowest BCUT2D eigenvalue weighted by atomic mass is 10.0. The van der Waals surface area contributed by atoms with Gasteiger partial charge in [0.2, 0.25) is 0 Å². The summed E-state index contributed by atoms with van der Waals surface area (Å²) in [4.78, 5) is 16.0. The number of thioether (sulfide) groups is 1. The molecule has 0 aromatic carbocycles. The second kappa shape index (κ2) is 7.92. The Kier molecular flexibility index (Phi) is 5.55. The predicted molar refractivity (Wildman–Crippen MR) is 118 cm³/mol. The number of hydrogen-bond acceptors (Lipinski definition) is 6. The zero-order chi connectivity index (χ0) is 19.0. The lowest BCUT2D eigenvalue weighted by Crippen LogP contribution is -2.07. The van der Waals surface area contributed by atoms with Crippen LogP contribution in [0.5, 0.6) is 0 Å². The van der Waals surface area contributed by atoms with E-state index in [1.165, 1.54) is 39.7 Å². The van der Waals surface area contributed by atoms with E-state index in [0.29, 0.717) is 5.92 Å². The van der Waals surface area contributed by atoms with E-state index < -0.39 is 0 Å². The number of pyridine rings is 1. The molecule has 0 bridgehead atoms. The van der Waals surface area contributed by atoms with E-state index >= 15 is 0 Å². The number of nitrogens with zero attached hydrogens (tertiary/aromatic N) is 3. The minimum Gasteiger partial charge on any atom is -0.369 e. The Morgan fingerprint density at radius 3 is 2.70 bits per heavy atom. The highest BCUT2D eigenvalue weighted by Gasteiger charge is 2.24. The molecular formula is C21H28N4S2. The van der Waals surface area contributed by atoms with Crippen molar-refractivity contribution in [2.24, 2.45) is 5.92 Å². The van der Waals surface area contributed by atoms with Crippen molar-refractivity contribution >= 4 is 49.3 Å². The Balaban J connectivity index is 1.90. The lowest BCUT2D eigenvalue weighted by molar-refractivity contribution is 0.606. The number of aryl methyl sites for hydroxylation is 2. The Hall–Kier alpha value is -1.40. The van der Waals surface area contributed by atoms with Gasteiger partial charge in [-0.25, -0.2) is 15.0 Å². The van der Waals surface area contributed by atoms with Crippen molar-refractivity contribution < 1.29 is 0 Å². The summed E-state index contributed by atoms with van der Waals surface area (Å²) in [5.41, 5.74) is 5.43. The van der Waals surface area contributed by atoms with E-state index in [2.05, 4.69) is 32.3 Å². The van der Waals surface area contributed by atoms with Crippen molar-refractivity contribution in [3.8, 4) is 0 Å². The van der Waals surface area contributed by atoms with Crippen molar-refractivity contribution in [2.45, 2.75) is 64.5 Å². The maximum atomic E-state index is 5.10. The Morgan fingerprint density at radius 2 is 1.96 bits per heavy atom. The molecular weight excluding hydrogens is 372 g/mol. The molecule has 3 aromatic heterocycles. The lowest BCUT2D eigenvalue weighted by Gasteiger charge is -2.10. The highest BCUT2D eigenvalue weighted by molar-refractivity contribution is 7.98. The molecule has 27 heavy (non-hydrogen) atoms. The van der Waals surface area contributed by atoms with Crippen LogP contribution >= 0.6 is 23.1 Å². The molecule has 0 aliphatic heterocycles. The number of hydrogen-bond donors (Lipinski definition) is 1. The average Bonchev–Trinajstić information content (AvgIpc) is 3.25. The van der Waals surface area contributed by atoms with E-state index in [0.717, 1.165) is 53.5 Å². The Morgan fingerprint density at radius 1 is 1.15 bits per heavy atom. The fourth-order valence-corrected chi connectivity index (χ4v) is 5.45. The SMILES string of the molecule is CCCc1nc2sc3c(NCCC(C)C)nc(SC)nc3c2c2c1CCC2. The van der Waals surface area contributed by atoms with E-state index in [4.69, 9.17) is 15.0 Å². The van der Waals surface area contributed by atoms with Crippen LogP contribution in [-0.4, -0.2) is 27.8 Å². The first kappa shape index (κ1) is 18.9. The summed E-state index contributed by atoms with van der Waals surface area (Å²) in [6.45, 7) is 7.70. The summed E-state index contributed by atoms with van der Waals surface area (Å²) >= 11 is 3.38. The van der Waals surface area contributed by atoms with Gasteiger partial charge in [0.15, 0.2) is 5.16 Å². The molecule has 3 aromatic rings. The van der Waals surface area contributed by atoms with Crippen molar-refractivity contribution in [3.05, 3.63) is 16.8 Å². The van der Waals surface area contributed by atoms with Crippen molar-refractivity contribution in [3.63, 3.8) is 0 Å². The summed E-state index contributed by atoms with van der Waals surface area (Å²) in [6, 6.07) is 0. The third-order valence-corrected chi connectivity index (χ3v) is 6.91. The van der Waals surface area contributed by atoms with Crippen molar-refractivity contribution in [2.75, 3.05) is 18.1 Å². The third-order valence-electron chi connectivity index (χ3n) is 5.28. The molecule has 0 saturated heterocycles.